The highest BCUT2D eigenvalue weighted by atomic mass is 16.7. The topological polar surface area (TPSA) is 59.0 Å². The van der Waals surface area contributed by atoms with Crippen molar-refractivity contribution in [1.82, 2.24) is 4.90 Å². The zero-order chi connectivity index (χ0) is 15.9. The predicted molar refractivity (Wildman–Crippen MR) is 84.0 cm³/mol. The Balaban J connectivity index is 1.98. The van der Waals surface area contributed by atoms with E-state index >= 15 is 0 Å². The number of carbonyl (C=O) groups is 1. The third-order valence-electron chi connectivity index (χ3n) is 4.57. The van der Waals surface area contributed by atoms with E-state index in [-0.39, 0.29) is 18.8 Å². The molecule has 22 heavy (non-hydrogen) atoms. The summed E-state index contributed by atoms with van der Waals surface area (Å²) < 4.78 is 11.6. The van der Waals surface area contributed by atoms with E-state index in [0.717, 1.165) is 19.3 Å². The molecular formula is C17H29NO4. The van der Waals surface area contributed by atoms with E-state index in [1.165, 1.54) is 25.7 Å². The van der Waals surface area contributed by atoms with Crippen LogP contribution in [0.25, 0.3) is 0 Å². The lowest BCUT2D eigenvalue weighted by Crippen LogP contribution is -2.34. The van der Waals surface area contributed by atoms with Gasteiger partial charge in [-0.1, -0.05) is 12.8 Å². The second-order valence-corrected chi connectivity index (χ2v) is 6.52. The maximum atomic E-state index is 12.2. The molecule has 1 amide bonds. The van der Waals surface area contributed by atoms with Gasteiger partial charge in [0.1, 0.15) is 0 Å². The quantitative estimate of drug-likeness (QED) is 0.733. The van der Waals surface area contributed by atoms with Crippen molar-refractivity contribution in [3.05, 3.63) is 11.8 Å². The predicted octanol–water partition coefficient (Wildman–Crippen LogP) is 2.30. The minimum atomic E-state index is -0.340. The van der Waals surface area contributed by atoms with E-state index in [0.29, 0.717) is 24.2 Å². The Morgan fingerprint density at radius 2 is 2.09 bits per heavy atom. The van der Waals surface area contributed by atoms with Crippen LogP contribution in [0.15, 0.2) is 11.8 Å². The Kier molecular flexibility index (Phi) is 6.70. The molecule has 1 aliphatic carbocycles. The zero-order valence-corrected chi connectivity index (χ0v) is 13.8. The van der Waals surface area contributed by atoms with Crippen LogP contribution in [0, 0.1) is 11.8 Å². The Morgan fingerprint density at radius 3 is 2.73 bits per heavy atom. The van der Waals surface area contributed by atoms with Crippen molar-refractivity contribution >= 4 is 5.91 Å². The molecule has 126 valence electrons. The van der Waals surface area contributed by atoms with Crippen LogP contribution in [-0.2, 0) is 14.3 Å². The van der Waals surface area contributed by atoms with E-state index in [4.69, 9.17) is 14.6 Å². The second-order valence-electron chi connectivity index (χ2n) is 6.52. The number of rotatable bonds is 7. The lowest BCUT2D eigenvalue weighted by molar-refractivity contribution is -0.155. The first-order chi connectivity index (χ1) is 10.6. The number of nitrogens with zero attached hydrogens (tertiary/aromatic N) is 1. The van der Waals surface area contributed by atoms with Crippen molar-refractivity contribution in [1.29, 1.82) is 0 Å². The molecular weight excluding hydrogens is 282 g/mol. The summed E-state index contributed by atoms with van der Waals surface area (Å²) in [5, 5.41) is 8.82. The third-order valence-corrected chi connectivity index (χ3v) is 4.57. The molecule has 0 unspecified atom stereocenters. The minimum absolute atomic E-state index is 0.0911. The Bertz CT molecular complexity index is 388. The van der Waals surface area contributed by atoms with Crippen LogP contribution in [-0.4, -0.2) is 49.5 Å². The summed E-state index contributed by atoms with van der Waals surface area (Å²) in [5.74, 6) is 1.36. The maximum absolute atomic E-state index is 12.2. The van der Waals surface area contributed by atoms with Gasteiger partial charge in [0.15, 0.2) is 5.76 Å². The first-order valence-corrected chi connectivity index (χ1v) is 8.44. The molecule has 2 aliphatic rings. The summed E-state index contributed by atoms with van der Waals surface area (Å²) in [6.07, 6.45) is 9.10. The fourth-order valence-electron chi connectivity index (χ4n) is 3.30. The number of carbonyl (C=O) groups excluding carboxylic acids is 1. The van der Waals surface area contributed by atoms with Crippen molar-refractivity contribution in [3.8, 4) is 0 Å². The van der Waals surface area contributed by atoms with E-state index in [1.54, 1.807) is 19.0 Å². The van der Waals surface area contributed by atoms with Gasteiger partial charge in [-0.15, -0.1) is 0 Å². The molecule has 1 aliphatic heterocycles. The number of likely N-dealkylation sites (N-methyl/N-ethyl adjacent to an activating group) is 1. The van der Waals surface area contributed by atoms with Crippen molar-refractivity contribution in [2.24, 2.45) is 11.8 Å². The van der Waals surface area contributed by atoms with Crippen LogP contribution in [0.5, 0.6) is 0 Å². The molecule has 1 fully saturated rings. The van der Waals surface area contributed by atoms with Gasteiger partial charge in [0.05, 0.1) is 6.61 Å². The van der Waals surface area contributed by atoms with Crippen molar-refractivity contribution in [2.75, 3.05) is 27.3 Å². The number of allylic oxidation sites excluding steroid dienone is 1. The number of amides is 1. The number of aliphatic hydroxyl groups is 1. The molecule has 0 bridgehead atoms. The monoisotopic (exact) mass is 311 g/mol. The average Bonchev–Trinajstić information content (AvgIpc) is 3.05. The highest BCUT2D eigenvalue weighted by Gasteiger charge is 2.33. The molecule has 0 radical (unpaired) electrons. The highest BCUT2D eigenvalue weighted by molar-refractivity contribution is 5.91. The number of aliphatic hydroxyl groups excluding tert-OH is 1. The largest absolute Gasteiger partial charge is 0.459 e. The molecule has 1 heterocycles. The fourth-order valence-corrected chi connectivity index (χ4v) is 3.30. The highest BCUT2D eigenvalue weighted by Crippen LogP contribution is 2.38. The average molecular weight is 311 g/mol. The number of hydrogen-bond acceptors (Lipinski definition) is 4. The van der Waals surface area contributed by atoms with Gasteiger partial charge in [-0.05, 0) is 43.6 Å². The Hall–Kier alpha value is -1.07. The van der Waals surface area contributed by atoms with Crippen LogP contribution < -0.4 is 0 Å². The number of unbranched alkanes of at least 4 members (excludes halogenated alkanes) is 1. The lowest BCUT2D eigenvalue weighted by atomic mass is 9.86. The lowest BCUT2D eigenvalue weighted by Gasteiger charge is -2.32. The van der Waals surface area contributed by atoms with Crippen molar-refractivity contribution in [3.63, 3.8) is 0 Å². The summed E-state index contributed by atoms with van der Waals surface area (Å²) in [4.78, 5) is 13.8. The van der Waals surface area contributed by atoms with Crippen LogP contribution in [0.3, 0.4) is 0 Å². The van der Waals surface area contributed by atoms with E-state index < -0.39 is 0 Å². The van der Waals surface area contributed by atoms with Crippen molar-refractivity contribution in [2.45, 2.75) is 51.2 Å². The molecule has 0 spiro atoms. The number of hydrogen-bond donors (Lipinski definition) is 1. The van der Waals surface area contributed by atoms with Crippen molar-refractivity contribution < 1.29 is 19.4 Å². The smallest absolute Gasteiger partial charge is 0.288 e. The van der Waals surface area contributed by atoms with Gasteiger partial charge in [-0.25, -0.2) is 0 Å². The summed E-state index contributed by atoms with van der Waals surface area (Å²) in [5.41, 5.74) is 0. The van der Waals surface area contributed by atoms with Crippen LogP contribution in [0.1, 0.15) is 44.9 Å². The molecule has 2 atom stereocenters. The molecule has 0 aromatic heterocycles. The van der Waals surface area contributed by atoms with Gasteiger partial charge in [0, 0.05) is 27.1 Å². The van der Waals surface area contributed by atoms with Gasteiger partial charge in [0.2, 0.25) is 6.29 Å². The van der Waals surface area contributed by atoms with Gasteiger partial charge < -0.3 is 19.5 Å². The van der Waals surface area contributed by atoms with E-state index in [2.05, 4.69) is 0 Å². The van der Waals surface area contributed by atoms with Gasteiger partial charge >= 0.3 is 0 Å². The maximum Gasteiger partial charge on any atom is 0.288 e. The van der Waals surface area contributed by atoms with Gasteiger partial charge in [-0.3, -0.25) is 4.79 Å². The first kappa shape index (κ1) is 17.3. The number of ether oxygens (including phenoxy) is 2. The summed E-state index contributed by atoms with van der Waals surface area (Å²) in [7, 11) is 3.48. The Morgan fingerprint density at radius 1 is 1.36 bits per heavy atom. The van der Waals surface area contributed by atoms with Gasteiger partial charge in [0.25, 0.3) is 5.91 Å². The van der Waals surface area contributed by atoms with Gasteiger partial charge in [-0.2, -0.15) is 0 Å². The third kappa shape index (κ3) is 4.71. The molecule has 1 N–H and O–H groups in total. The summed E-state index contributed by atoms with van der Waals surface area (Å²) in [6.45, 7) is 0.746. The summed E-state index contributed by atoms with van der Waals surface area (Å²) >= 11 is 0. The molecule has 1 saturated carbocycles. The second kappa shape index (κ2) is 8.53. The van der Waals surface area contributed by atoms with Crippen LogP contribution in [0.4, 0.5) is 0 Å². The minimum Gasteiger partial charge on any atom is -0.459 e. The summed E-state index contributed by atoms with van der Waals surface area (Å²) in [6, 6.07) is 0. The Labute approximate surface area is 133 Å². The van der Waals surface area contributed by atoms with Crippen LogP contribution >= 0.6 is 0 Å². The van der Waals surface area contributed by atoms with Crippen LogP contribution in [0.2, 0.25) is 0 Å². The normalized spacial score (nSPS) is 25.7. The molecule has 5 nitrogen and oxygen atoms in total. The van der Waals surface area contributed by atoms with E-state index in [9.17, 15) is 4.79 Å². The first-order valence-electron chi connectivity index (χ1n) is 8.44. The zero-order valence-electron chi connectivity index (χ0n) is 13.8. The molecule has 5 heteroatoms. The SMILES string of the molecule is CN(C)C(=O)C1=C[C@H](C2CCCC2)C[C@H](OCCCCO)O1. The molecule has 0 aromatic rings. The molecule has 0 saturated heterocycles. The fraction of sp³-hybridized carbons (Fsp3) is 0.824. The molecule has 2 rings (SSSR count). The van der Waals surface area contributed by atoms with E-state index in [1.807, 2.05) is 6.08 Å². The standard InChI is InChI=1S/C17H29NO4/c1-18(2)17(20)15-11-14(13-7-3-4-8-13)12-16(22-15)21-10-6-5-9-19/h11,13-14,16,19H,3-10,12H2,1-2H3/t14-,16+/m0/s1. The molecule has 0 aromatic carbocycles.